The van der Waals surface area contributed by atoms with E-state index in [2.05, 4.69) is 21.2 Å². The van der Waals surface area contributed by atoms with Crippen LogP contribution in [0.5, 0.6) is 11.5 Å². The predicted molar refractivity (Wildman–Crippen MR) is 102 cm³/mol. The summed E-state index contributed by atoms with van der Waals surface area (Å²) in [6.07, 6.45) is -0.511. The van der Waals surface area contributed by atoms with Crippen LogP contribution in [0, 0.1) is 0 Å². The van der Waals surface area contributed by atoms with Crippen molar-refractivity contribution in [2.75, 3.05) is 6.54 Å². The number of benzene rings is 2. The minimum Gasteiger partial charge on any atom is -0.457 e. The van der Waals surface area contributed by atoms with Crippen molar-refractivity contribution < 1.29 is 9.84 Å². The summed E-state index contributed by atoms with van der Waals surface area (Å²) < 4.78 is 6.95. The van der Waals surface area contributed by atoms with Gasteiger partial charge in [0.05, 0.1) is 0 Å². The van der Waals surface area contributed by atoms with Gasteiger partial charge in [-0.05, 0) is 40.2 Å². The molecule has 2 N–H and O–H groups in total. The molecule has 0 fully saturated rings. The Kier molecular flexibility index (Phi) is 6.04. The fourth-order valence-electron chi connectivity index (χ4n) is 2.31. The van der Waals surface area contributed by atoms with E-state index >= 15 is 0 Å². The monoisotopic (exact) mass is 403 g/mol. The molecule has 5 heteroatoms. The summed E-state index contributed by atoms with van der Waals surface area (Å²) in [7, 11) is 0. The Labute approximate surface area is 154 Å². The number of thiophene rings is 1. The summed E-state index contributed by atoms with van der Waals surface area (Å²) in [5, 5.41) is 15.5. The van der Waals surface area contributed by atoms with Crippen molar-refractivity contribution in [3.8, 4) is 11.5 Å². The first kappa shape index (κ1) is 17.2. The van der Waals surface area contributed by atoms with Crippen molar-refractivity contribution in [1.82, 2.24) is 5.32 Å². The Morgan fingerprint density at radius 1 is 1.08 bits per heavy atom. The number of hydrogen-bond donors (Lipinski definition) is 2. The maximum Gasteiger partial charge on any atom is 0.131 e. The third-order valence-electron chi connectivity index (χ3n) is 3.51. The lowest BCUT2D eigenvalue weighted by atomic mass is 10.2. The Hall–Kier alpha value is -1.66. The number of rotatable bonds is 7. The molecule has 0 amide bonds. The van der Waals surface area contributed by atoms with Gasteiger partial charge in [0.2, 0.25) is 0 Å². The van der Waals surface area contributed by atoms with Gasteiger partial charge in [-0.1, -0.05) is 36.4 Å². The quantitative estimate of drug-likeness (QED) is 0.574. The van der Waals surface area contributed by atoms with Crippen LogP contribution >= 0.6 is 27.3 Å². The van der Waals surface area contributed by atoms with E-state index in [1.165, 1.54) is 0 Å². The van der Waals surface area contributed by atoms with E-state index in [4.69, 9.17) is 4.74 Å². The zero-order chi connectivity index (χ0) is 16.8. The number of nitrogens with one attached hydrogen (secondary N) is 1. The molecular formula is C19H18BrNO2S. The molecule has 1 aromatic heterocycles. The largest absolute Gasteiger partial charge is 0.457 e. The molecule has 1 atom stereocenters. The van der Waals surface area contributed by atoms with Crippen molar-refractivity contribution in [3.05, 3.63) is 81.0 Å². The number of hydrogen-bond acceptors (Lipinski definition) is 4. The van der Waals surface area contributed by atoms with Crippen molar-refractivity contribution in [2.45, 2.75) is 12.6 Å². The Bertz CT molecular complexity index is 776. The molecule has 0 bridgehead atoms. The predicted octanol–water partition coefficient (Wildman–Crippen LogP) is 5.13. The molecule has 0 spiro atoms. The summed E-state index contributed by atoms with van der Waals surface area (Å²) in [6.45, 7) is 1.12. The molecule has 0 saturated heterocycles. The molecule has 0 saturated carbocycles. The zero-order valence-corrected chi connectivity index (χ0v) is 15.4. The Morgan fingerprint density at radius 3 is 2.58 bits per heavy atom. The number of ether oxygens (including phenoxy) is 1. The van der Waals surface area contributed by atoms with Gasteiger partial charge in [0.15, 0.2) is 0 Å². The molecule has 0 aliphatic heterocycles. The number of aliphatic hydroxyl groups is 1. The topological polar surface area (TPSA) is 41.5 Å². The average molecular weight is 404 g/mol. The molecule has 3 nitrogen and oxygen atoms in total. The van der Waals surface area contributed by atoms with E-state index in [0.29, 0.717) is 13.1 Å². The van der Waals surface area contributed by atoms with Crippen molar-refractivity contribution in [3.63, 3.8) is 0 Å². The highest BCUT2D eigenvalue weighted by atomic mass is 79.9. The number of halogens is 1. The zero-order valence-electron chi connectivity index (χ0n) is 13.0. The summed E-state index contributed by atoms with van der Waals surface area (Å²) in [4.78, 5) is 0.947. The highest BCUT2D eigenvalue weighted by Gasteiger charge is 2.10. The van der Waals surface area contributed by atoms with Gasteiger partial charge in [0.1, 0.15) is 17.6 Å². The third kappa shape index (κ3) is 4.68. The second-order valence-electron chi connectivity index (χ2n) is 5.34. The minimum absolute atomic E-state index is 0.493. The van der Waals surface area contributed by atoms with E-state index < -0.39 is 6.10 Å². The summed E-state index contributed by atoms with van der Waals surface area (Å²) in [5.41, 5.74) is 1.06. The van der Waals surface area contributed by atoms with Gasteiger partial charge >= 0.3 is 0 Å². The fraction of sp³-hybridized carbons (Fsp3) is 0.158. The van der Waals surface area contributed by atoms with Crippen LogP contribution in [0.2, 0.25) is 0 Å². The summed E-state index contributed by atoms with van der Waals surface area (Å²) in [6, 6.07) is 19.6. The molecule has 0 aliphatic carbocycles. The highest BCUT2D eigenvalue weighted by Crippen LogP contribution is 2.26. The summed E-state index contributed by atoms with van der Waals surface area (Å²) in [5.74, 6) is 1.64. The van der Waals surface area contributed by atoms with Crippen LogP contribution in [0.4, 0.5) is 0 Å². The number of aliphatic hydroxyl groups excluding tert-OH is 1. The first-order valence-electron chi connectivity index (χ1n) is 7.66. The normalized spacial score (nSPS) is 12.1. The molecule has 2 aromatic carbocycles. The van der Waals surface area contributed by atoms with Crippen LogP contribution in [0.1, 0.15) is 16.5 Å². The van der Waals surface area contributed by atoms with Gasteiger partial charge in [-0.2, -0.15) is 0 Å². The minimum atomic E-state index is -0.511. The van der Waals surface area contributed by atoms with Gasteiger partial charge < -0.3 is 15.2 Å². The van der Waals surface area contributed by atoms with Gasteiger partial charge in [-0.3, -0.25) is 0 Å². The molecule has 1 unspecified atom stereocenters. The summed E-state index contributed by atoms with van der Waals surface area (Å²) >= 11 is 4.96. The van der Waals surface area contributed by atoms with E-state index in [0.717, 1.165) is 26.4 Å². The maximum absolute atomic E-state index is 10.2. The second-order valence-corrected chi connectivity index (χ2v) is 7.20. The molecule has 0 radical (unpaired) electrons. The SMILES string of the molecule is OC(CNCc1ccccc1Oc1ccccc1)c1cc(Br)cs1. The van der Waals surface area contributed by atoms with Crippen LogP contribution in [0.25, 0.3) is 0 Å². The number of para-hydroxylation sites is 2. The molecule has 1 heterocycles. The fourth-order valence-corrected chi connectivity index (χ4v) is 3.74. The van der Waals surface area contributed by atoms with Crippen LogP contribution in [0.3, 0.4) is 0 Å². The van der Waals surface area contributed by atoms with Gasteiger partial charge in [-0.15, -0.1) is 11.3 Å². The van der Waals surface area contributed by atoms with Crippen LogP contribution in [-0.2, 0) is 6.54 Å². The van der Waals surface area contributed by atoms with Crippen molar-refractivity contribution >= 4 is 27.3 Å². The molecule has 24 heavy (non-hydrogen) atoms. The lowest BCUT2D eigenvalue weighted by molar-refractivity contribution is 0.178. The van der Waals surface area contributed by atoms with E-state index in [1.54, 1.807) is 11.3 Å². The molecule has 3 aromatic rings. The second kappa shape index (κ2) is 8.44. The van der Waals surface area contributed by atoms with Gasteiger partial charge in [0, 0.05) is 33.4 Å². The molecule has 3 rings (SSSR count). The lowest BCUT2D eigenvalue weighted by Crippen LogP contribution is -2.20. The lowest BCUT2D eigenvalue weighted by Gasteiger charge is -2.13. The van der Waals surface area contributed by atoms with E-state index in [9.17, 15) is 5.11 Å². The van der Waals surface area contributed by atoms with Crippen LogP contribution in [0.15, 0.2) is 70.5 Å². The van der Waals surface area contributed by atoms with Crippen LogP contribution in [-0.4, -0.2) is 11.7 Å². The first-order valence-corrected chi connectivity index (χ1v) is 9.33. The average Bonchev–Trinajstić information content (AvgIpc) is 3.04. The highest BCUT2D eigenvalue weighted by molar-refractivity contribution is 9.10. The van der Waals surface area contributed by atoms with Crippen molar-refractivity contribution in [1.29, 1.82) is 0 Å². The molecule has 124 valence electrons. The first-order chi connectivity index (χ1) is 11.7. The molecule has 0 aliphatic rings. The van der Waals surface area contributed by atoms with Crippen molar-refractivity contribution in [2.24, 2.45) is 0 Å². The third-order valence-corrected chi connectivity index (χ3v) is 5.31. The Balaban J connectivity index is 1.59. The maximum atomic E-state index is 10.2. The van der Waals surface area contributed by atoms with Gasteiger partial charge in [0.25, 0.3) is 0 Å². The Morgan fingerprint density at radius 2 is 1.83 bits per heavy atom. The standard InChI is InChI=1S/C19H18BrNO2S/c20-15-10-19(24-13-15)17(22)12-21-11-14-6-4-5-9-18(14)23-16-7-2-1-3-8-16/h1-10,13,17,21-22H,11-12H2. The smallest absolute Gasteiger partial charge is 0.131 e. The van der Waals surface area contributed by atoms with Gasteiger partial charge in [-0.25, -0.2) is 0 Å². The van der Waals surface area contributed by atoms with Crippen LogP contribution < -0.4 is 10.1 Å². The molecular weight excluding hydrogens is 386 g/mol. The van der Waals surface area contributed by atoms with E-state index in [-0.39, 0.29) is 0 Å². The van der Waals surface area contributed by atoms with E-state index in [1.807, 2.05) is 66.0 Å².